The van der Waals surface area contributed by atoms with Gasteiger partial charge in [-0.3, -0.25) is 0 Å². The second-order valence-corrected chi connectivity index (χ2v) is 9.59. The molecule has 26 heavy (non-hydrogen) atoms. The van der Waals surface area contributed by atoms with Gasteiger partial charge in [0, 0.05) is 32.1 Å². The van der Waals surface area contributed by atoms with Crippen LogP contribution in [0.3, 0.4) is 0 Å². The Balaban J connectivity index is 1.54. The number of aromatic amines is 1. The summed E-state index contributed by atoms with van der Waals surface area (Å²) >= 11 is 0. The molecule has 2 aromatic rings. The number of piperidine rings is 1. The van der Waals surface area contributed by atoms with Crippen LogP contribution in [0.15, 0.2) is 18.2 Å². The van der Waals surface area contributed by atoms with Gasteiger partial charge >= 0.3 is 0 Å². The number of fused-ring (bicyclic) bond motifs is 1. The molecule has 0 saturated carbocycles. The van der Waals surface area contributed by atoms with E-state index in [2.05, 4.69) is 24.0 Å². The molecular formula is C19H28N4O2S. The molecule has 0 amide bonds. The molecule has 0 radical (unpaired) electrons. The van der Waals surface area contributed by atoms with Crippen LogP contribution in [-0.2, 0) is 10.2 Å². The van der Waals surface area contributed by atoms with Gasteiger partial charge in [0.1, 0.15) is 5.82 Å². The van der Waals surface area contributed by atoms with E-state index in [4.69, 9.17) is 4.98 Å². The first-order valence-electron chi connectivity index (χ1n) is 9.75. The summed E-state index contributed by atoms with van der Waals surface area (Å²) in [6, 6.07) is 6.18. The van der Waals surface area contributed by atoms with Crippen LogP contribution >= 0.6 is 0 Å². The Kier molecular flexibility index (Phi) is 5.03. The first-order chi connectivity index (χ1) is 12.5. The Morgan fingerprint density at radius 2 is 1.77 bits per heavy atom. The third kappa shape index (κ3) is 3.52. The third-order valence-corrected chi connectivity index (χ3v) is 7.65. The van der Waals surface area contributed by atoms with Crippen molar-refractivity contribution >= 4 is 21.2 Å². The summed E-state index contributed by atoms with van der Waals surface area (Å²) in [6.45, 7) is 4.53. The molecule has 1 aromatic heterocycles. The van der Waals surface area contributed by atoms with Gasteiger partial charge < -0.3 is 4.98 Å². The topological polar surface area (TPSA) is 69.3 Å². The number of benzene rings is 1. The summed E-state index contributed by atoms with van der Waals surface area (Å²) in [4.78, 5) is 8.15. The molecule has 6 nitrogen and oxygen atoms in total. The molecule has 7 heteroatoms. The largest absolute Gasteiger partial charge is 0.342 e. The first kappa shape index (κ1) is 17.9. The van der Waals surface area contributed by atoms with Crippen molar-refractivity contribution in [1.82, 2.24) is 18.6 Å². The van der Waals surface area contributed by atoms with Crippen LogP contribution in [0.5, 0.6) is 0 Å². The number of hydrogen-bond acceptors (Lipinski definition) is 3. The number of imidazole rings is 1. The van der Waals surface area contributed by atoms with Crippen molar-refractivity contribution < 1.29 is 8.42 Å². The first-order valence-corrected chi connectivity index (χ1v) is 11.2. The zero-order valence-corrected chi connectivity index (χ0v) is 16.3. The zero-order valence-electron chi connectivity index (χ0n) is 15.4. The summed E-state index contributed by atoms with van der Waals surface area (Å²) in [7, 11) is -3.36. The van der Waals surface area contributed by atoms with Crippen LogP contribution < -0.4 is 0 Å². The van der Waals surface area contributed by atoms with Crippen molar-refractivity contribution in [2.45, 2.75) is 51.4 Å². The van der Waals surface area contributed by atoms with E-state index in [0.29, 0.717) is 26.2 Å². The number of H-pyrrole nitrogens is 1. The highest BCUT2D eigenvalue weighted by Gasteiger charge is 2.35. The minimum absolute atomic E-state index is 0.137. The molecular weight excluding hydrogens is 348 g/mol. The molecule has 0 unspecified atom stereocenters. The normalized spacial score (nSPS) is 24.0. The molecule has 1 aromatic carbocycles. The van der Waals surface area contributed by atoms with Gasteiger partial charge in [-0.2, -0.15) is 17.0 Å². The molecule has 1 N–H and O–H groups in total. The Labute approximate surface area is 155 Å². The minimum Gasteiger partial charge on any atom is -0.342 e. The second-order valence-electron chi connectivity index (χ2n) is 7.66. The Hall–Kier alpha value is -1.44. The number of rotatable bonds is 3. The lowest BCUT2D eigenvalue weighted by atomic mass is 9.99. The van der Waals surface area contributed by atoms with E-state index in [-0.39, 0.29) is 5.92 Å². The van der Waals surface area contributed by atoms with Crippen molar-refractivity contribution in [1.29, 1.82) is 0 Å². The van der Waals surface area contributed by atoms with Crippen LogP contribution in [0.2, 0.25) is 0 Å². The van der Waals surface area contributed by atoms with Gasteiger partial charge in [0.05, 0.1) is 11.0 Å². The summed E-state index contributed by atoms with van der Waals surface area (Å²) in [6.07, 6.45) is 6.07. The molecule has 4 rings (SSSR count). The Morgan fingerprint density at radius 1 is 1.04 bits per heavy atom. The van der Waals surface area contributed by atoms with E-state index in [0.717, 1.165) is 55.4 Å². The quantitative estimate of drug-likeness (QED) is 0.894. The SMILES string of the molecule is Cc1ccc2nc([C@H]3CCCN(S(=O)(=O)N4CCCCCC4)C3)[nH]c2c1. The molecule has 2 aliphatic rings. The lowest BCUT2D eigenvalue weighted by molar-refractivity contribution is 0.280. The summed E-state index contributed by atoms with van der Waals surface area (Å²) in [5.41, 5.74) is 3.19. The van der Waals surface area contributed by atoms with E-state index in [9.17, 15) is 8.42 Å². The number of aromatic nitrogens is 2. The van der Waals surface area contributed by atoms with Crippen molar-refractivity contribution in [3.05, 3.63) is 29.6 Å². The maximum Gasteiger partial charge on any atom is 0.281 e. The predicted molar refractivity (Wildman–Crippen MR) is 103 cm³/mol. The monoisotopic (exact) mass is 376 g/mol. The summed E-state index contributed by atoms with van der Waals surface area (Å²) in [5, 5.41) is 0. The molecule has 142 valence electrons. The number of hydrogen-bond donors (Lipinski definition) is 1. The lowest BCUT2D eigenvalue weighted by Gasteiger charge is -2.34. The zero-order chi connectivity index (χ0) is 18.1. The minimum atomic E-state index is -3.36. The van der Waals surface area contributed by atoms with E-state index in [1.807, 2.05) is 6.07 Å². The van der Waals surface area contributed by atoms with Crippen molar-refractivity contribution in [3.63, 3.8) is 0 Å². The van der Waals surface area contributed by atoms with Gasteiger partial charge in [-0.05, 0) is 50.3 Å². The standard InChI is InChI=1S/C19H28N4O2S/c1-15-8-9-17-18(13-15)21-19(20-17)16-7-6-12-23(14-16)26(24,25)22-10-4-2-3-5-11-22/h8-9,13,16H,2-7,10-12,14H2,1H3,(H,20,21)/t16-/m0/s1. The number of aryl methyl sites for hydroxylation is 1. The molecule has 0 bridgehead atoms. The highest BCUT2D eigenvalue weighted by atomic mass is 32.2. The number of nitrogens with one attached hydrogen (secondary N) is 1. The van der Waals surface area contributed by atoms with Gasteiger partial charge in [0.25, 0.3) is 10.2 Å². The maximum atomic E-state index is 13.1. The molecule has 0 spiro atoms. The van der Waals surface area contributed by atoms with Crippen LogP contribution in [0.1, 0.15) is 55.8 Å². The van der Waals surface area contributed by atoms with E-state index < -0.39 is 10.2 Å². The van der Waals surface area contributed by atoms with Gasteiger partial charge in [-0.25, -0.2) is 4.98 Å². The highest BCUT2D eigenvalue weighted by molar-refractivity contribution is 7.86. The van der Waals surface area contributed by atoms with Gasteiger partial charge in [0.15, 0.2) is 0 Å². The van der Waals surface area contributed by atoms with Gasteiger partial charge in [0.2, 0.25) is 0 Å². The van der Waals surface area contributed by atoms with E-state index >= 15 is 0 Å². The average Bonchev–Trinajstić information content (AvgIpc) is 2.86. The fourth-order valence-corrected chi connectivity index (χ4v) is 5.92. The third-order valence-electron chi connectivity index (χ3n) is 5.64. The summed E-state index contributed by atoms with van der Waals surface area (Å²) in [5.74, 6) is 1.06. The molecule has 0 aliphatic carbocycles. The molecule has 2 fully saturated rings. The Morgan fingerprint density at radius 3 is 2.54 bits per heavy atom. The fraction of sp³-hybridized carbons (Fsp3) is 0.632. The molecule has 3 heterocycles. The van der Waals surface area contributed by atoms with E-state index in [1.165, 1.54) is 5.56 Å². The number of nitrogens with zero attached hydrogens (tertiary/aromatic N) is 3. The van der Waals surface area contributed by atoms with Crippen molar-refractivity contribution in [3.8, 4) is 0 Å². The lowest BCUT2D eigenvalue weighted by Crippen LogP contribution is -2.48. The predicted octanol–water partition coefficient (Wildman–Crippen LogP) is 3.17. The van der Waals surface area contributed by atoms with E-state index in [1.54, 1.807) is 8.61 Å². The summed E-state index contributed by atoms with van der Waals surface area (Å²) < 4.78 is 29.6. The Bertz CT molecular complexity index is 869. The maximum absolute atomic E-state index is 13.1. The van der Waals surface area contributed by atoms with Gasteiger partial charge in [-0.15, -0.1) is 0 Å². The van der Waals surface area contributed by atoms with Crippen LogP contribution in [0, 0.1) is 6.92 Å². The highest BCUT2D eigenvalue weighted by Crippen LogP contribution is 2.29. The second kappa shape index (κ2) is 7.29. The smallest absolute Gasteiger partial charge is 0.281 e. The van der Waals surface area contributed by atoms with Crippen molar-refractivity contribution in [2.75, 3.05) is 26.2 Å². The molecule has 2 aliphatic heterocycles. The molecule has 2 saturated heterocycles. The molecule has 1 atom stereocenters. The van der Waals surface area contributed by atoms with Crippen LogP contribution in [-0.4, -0.2) is 53.2 Å². The fourth-order valence-electron chi connectivity index (χ4n) is 4.15. The van der Waals surface area contributed by atoms with Crippen molar-refractivity contribution in [2.24, 2.45) is 0 Å². The van der Waals surface area contributed by atoms with Crippen LogP contribution in [0.25, 0.3) is 11.0 Å². The average molecular weight is 377 g/mol. The van der Waals surface area contributed by atoms with Gasteiger partial charge in [-0.1, -0.05) is 18.9 Å². The van der Waals surface area contributed by atoms with Crippen LogP contribution in [0.4, 0.5) is 0 Å².